The predicted octanol–water partition coefficient (Wildman–Crippen LogP) is 3.98. The Hall–Kier alpha value is -5.18. The van der Waals surface area contributed by atoms with Crippen molar-refractivity contribution >= 4 is 23.3 Å². The van der Waals surface area contributed by atoms with Gasteiger partial charge in [-0.1, -0.05) is 24.8 Å². The van der Waals surface area contributed by atoms with Crippen LogP contribution in [0, 0.1) is 0 Å². The normalized spacial score (nSPS) is 14.5. The summed E-state index contributed by atoms with van der Waals surface area (Å²) in [6.45, 7) is 3.45. The van der Waals surface area contributed by atoms with E-state index in [0.29, 0.717) is 41.3 Å². The number of nitrogens with zero attached hydrogens (tertiary/aromatic N) is 7. The number of benzene rings is 1. The van der Waals surface area contributed by atoms with Gasteiger partial charge < -0.3 is 20.5 Å². The van der Waals surface area contributed by atoms with Crippen molar-refractivity contribution in [3.05, 3.63) is 79.5 Å². The zero-order valence-corrected chi connectivity index (χ0v) is 23.8. The topological polar surface area (TPSA) is 139 Å². The van der Waals surface area contributed by atoms with Crippen molar-refractivity contribution in [3.8, 4) is 22.4 Å². The van der Waals surface area contributed by atoms with Crippen LogP contribution in [0.1, 0.15) is 18.9 Å². The first-order valence-corrected chi connectivity index (χ1v) is 13.7. The van der Waals surface area contributed by atoms with E-state index in [4.69, 9.17) is 5.84 Å². The third-order valence-corrected chi connectivity index (χ3v) is 7.10. The molecular weight excluding hydrogens is 577 g/mol. The first-order valence-electron chi connectivity index (χ1n) is 13.7. The number of carbonyl (C=O) groups excluding carboxylic acids is 2. The van der Waals surface area contributed by atoms with Crippen LogP contribution in [-0.2, 0) is 4.79 Å². The molecule has 0 spiro atoms. The fourth-order valence-electron chi connectivity index (χ4n) is 4.96. The minimum absolute atomic E-state index is 0.107. The van der Waals surface area contributed by atoms with Crippen LogP contribution in [0.3, 0.4) is 0 Å². The highest BCUT2D eigenvalue weighted by atomic mass is 19.4. The summed E-state index contributed by atoms with van der Waals surface area (Å²) in [5.41, 5.74) is 4.31. The monoisotopic (exact) mass is 608 g/mol. The number of nitrogens with one attached hydrogen (secondary N) is 2. The number of piperidine rings is 1. The quantitative estimate of drug-likeness (QED) is 0.119. The third kappa shape index (κ3) is 7.06. The molecule has 1 aromatic carbocycles. The van der Waals surface area contributed by atoms with Crippen molar-refractivity contribution in [1.29, 1.82) is 0 Å². The Morgan fingerprint density at radius 3 is 2.57 bits per heavy atom. The number of fused-ring (bicyclic) bond motifs is 1. The highest BCUT2D eigenvalue weighted by Crippen LogP contribution is 2.28. The van der Waals surface area contributed by atoms with Gasteiger partial charge in [-0.2, -0.15) is 23.4 Å². The maximum absolute atomic E-state index is 12.8. The van der Waals surface area contributed by atoms with E-state index in [1.807, 2.05) is 16.9 Å². The second kappa shape index (κ2) is 12.6. The number of rotatable bonds is 8. The lowest BCUT2D eigenvalue weighted by Gasteiger charge is -2.32. The molecule has 3 aromatic heterocycles. The molecule has 0 unspecified atom stereocenters. The number of likely N-dealkylation sites (tertiary alicyclic amines) is 1. The molecule has 12 nitrogen and oxygen atoms in total. The molecule has 0 bridgehead atoms. The SMILES string of the molecule is C=C/C(=C\N(C)N)C(=O)N1CCC(n2cc(-c3cnn4c(-c5cccc(NC(=O)NCC(F)(F)F)c5)cnc4c3)cn2)CC1. The van der Waals surface area contributed by atoms with Gasteiger partial charge in [0.1, 0.15) is 6.54 Å². The fourth-order valence-corrected chi connectivity index (χ4v) is 4.96. The first-order chi connectivity index (χ1) is 21.0. The molecule has 1 aliphatic rings. The van der Waals surface area contributed by atoms with Crippen molar-refractivity contribution in [2.24, 2.45) is 5.84 Å². The van der Waals surface area contributed by atoms with E-state index in [2.05, 4.69) is 27.1 Å². The van der Waals surface area contributed by atoms with Gasteiger partial charge in [0.15, 0.2) is 5.65 Å². The second-order valence-corrected chi connectivity index (χ2v) is 10.3. The molecule has 4 aromatic rings. The van der Waals surface area contributed by atoms with Crippen LogP contribution < -0.4 is 16.5 Å². The van der Waals surface area contributed by atoms with Gasteiger partial charge in [0.05, 0.1) is 35.9 Å². The number of amides is 3. The van der Waals surface area contributed by atoms with E-state index < -0.39 is 18.8 Å². The fraction of sp³-hybridized carbons (Fsp3) is 0.276. The molecule has 0 atom stereocenters. The van der Waals surface area contributed by atoms with Gasteiger partial charge in [-0.05, 0) is 31.0 Å². The minimum atomic E-state index is -4.51. The molecule has 5 rings (SSSR count). The lowest BCUT2D eigenvalue weighted by Crippen LogP contribution is -2.40. The Balaban J connectivity index is 1.25. The Kier molecular flexibility index (Phi) is 8.66. The van der Waals surface area contributed by atoms with Crippen molar-refractivity contribution in [2.45, 2.75) is 25.1 Å². The maximum atomic E-state index is 12.8. The number of nitrogens with two attached hydrogens (primary N) is 1. The van der Waals surface area contributed by atoms with Crippen LogP contribution in [-0.4, -0.2) is 79.1 Å². The number of urea groups is 1. The number of hydrogen-bond donors (Lipinski definition) is 3. The van der Waals surface area contributed by atoms with E-state index >= 15 is 0 Å². The molecule has 0 saturated carbocycles. The van der Waals surface area contributed by atoms with Gasteiger partial charge in [-0.25, -0.2) is 20.1 Å². The number of alkyl halides is 3. The number of anilines is 1. The predicted molar refractivity (Wildman–Crippen MR) is 158 cm³/mol. The number of halogens is 3. The lowest BCUT2D eigenvalue weighted by atomic mass is 10.0. The van der Waals surface area contributed by atoms with E-state index in [-0.39, 0.29) is 11.9 Å². The second-order valence-electron chi connectivity index (χ2n) is 10.3. The van der Waals surface area contributed by atoms with Crippen LogP contribution >= 0.6 is 0 Å². The van der Waals surface area contributed by atoms with E-state index in [9.17, 15) is 22.8 Å². The summed E-state index contributed by atoms with van der Waals surface area (Å²) in [7, 11) is 1.65. The standard InChI is InChI=1S/C29H31F3N10O2/c1-3-19(16-39(2)33)27(43)40-9-7-24(8-10-40)41-17-22(14-36-41)21-12-26-34-15-25(42(26)37-13-21)20-5-4-6-23(11-20)38-28(44)35-18-29(30,31)32/h3-6,11-17,24H,1,7-10,18,33H2,2H3,(H2,35,38,44)/b19-16+. The van der Waals surface area contributed by atoms with Crippen molar-refractivity contribution in [2.75, 3.05) is 32.0 Å². The van der Waals surface area contributed by atoms with Crippen molar-refractivity contribution < 1.29 is 22.8 Å². The van der Waals surface area contributed by atoms with Crippen molar-refractivity contribution in [1.82, 2.24) is 39.6 Å². The van der Waals surface area contributed by atoms with Gasteiger partial charge in [0.2, 0.25) is 0 Å². The van der Waals surface area contributed by atoms with Crippen molar-refractivity contribution in [3.63, 3.8) is 0 Å². The Bertz CT molecular complexity index is 1700. The average Bonchev–Trinajstić information content (AvgIpc) is 3.66. The summed E-state index contributed by atoms with van der Waals surface area (Å²) in [5, 5.41) is 14.6. The number of carbonyl (C=O) groups is 2. The minimum Gasteiger partial charge on any atom is -0.338 e. The van der Waals surface area contributed by atoms with Gasteiger partial charge in [-0.15, -0.1) is 0 Å². The highest BCUT2D eigenvalue weighted by molar-refractivity contribution is 5.96. The van der Waals surface area contributed by atoms with Gasteiger partial charge in [0, 0.05) is 54.9 Å². The summed E-state index contributed by atoms with van der Waals surface area (Å²) < 4.78 is 40.7. The van der Waals surface area contributed by atoms with Crippen LogP contribution in [0.2, 0.25) is 0 Å². The van der Waals surface area contributed by atoms with E-state index in [1.54, 1.807) is 70.8 Å². The van der Waals surface area contributed by atoms with E-state index in [0.717, 1.165) is 24.0 Å². The van der Waals surface area contributed by atoms with Crippen LogP contribution in [0.5, 0.6) is 0 Å². The molecule has 0 radical (unpaired) electrons. The summed E-state index contributed by atoms with van der Waals surface area (Å²) in [5.74, 6) is 5.55. The maximum Gasteiger partial charge on any atom is 0.405 e. The van der Waals surface area contributed by atoms with Crippen LogP contribution in [0.4, 0.5) is 23.7 Å². The Morgan fingerprint density at radius 2 is 1.86 bits per heavy atom. The molecule has 4 heterocycles. The molecule has 3 amide bonds. The van der Waals surface area contributed by atoms with Gasteiger partial charge >= 0.3 is 12.2 Å². The number of imidazole rings is 1. The molecular formula is C29H31F3N10O2. The Morgan fingerprint density at radius 1 is 1.11 bits per heavy atom. The van der Waals surface area contributed by atoms with Gasteiger partial charge in [-0.3, -0.25) is 9.48 Å². The first kappa shape index (κ1) is 30.3. The largest absolute Gasteiger partial charge is 0.405 e. The zero-order valence-electron chi connectivity index (χ0n) is 23.8. The molecule has 44 heavy (non-hydrogen) atoms. The number of hydrazine groups is 1. The summed E-state index contributed by atoms with van der Waals surface area (Å²) in [6.07, 6.45) is 7.09. The molecule has 1 aliphatic heterocycles. The number of hydrogen-bond acceptors (Lipinski definition) is 7. The summed E-state index contributed by atoms with van der Waals surface area (Å²) >= 11 is 0. The molecule has 1 saturated heterocycles. The molecule has 1 fully saturated rings. The van der Waals surface area contributed by atoms with Crippen LogP contribution in [0.25, 0.3) is 28.0 Å². The third-order valence-electron chi connectivity index (χ3n) is 7.10. The zero-order chi connectivity index (χ0) is 31.4. The summed E-state index contributed by atoms with van der Waals surface area (Å²) in [4.78, 5) is 31.0. The molecule has 0 aliphatic carbocycles. The van der Waals surface area contributed by atoms with Crippen LogP contribution in [0.15, 0.2) is 79.5 Å². The smallest absolute Gasteiger partial charge is 0.338 e. The average molecular weight is 609 g/mol. The van der Waals surface area contributed by atoms with Gasteiger partial charge in [0.25, 0.3) is 5.91 Å². The van der Waals surface area contributed by atoms with E-state index in [1.165, 1.54) is 11.1 Å². The Labute approximate surface area is 250 Å². The molecule has 4 N–H and O–H groups in total. The summed E-state index contributed by atoms with van der Waals surface area (Å²) in [6, 6.07) is 7.70. The lowest BCUT2D eigenvalue weighted by molar-refractivity contribution is -0.128. The number of aromatic nitrogens is 5. The highest BCUT2D eigenvalue weighted by Gasteiger charge is 2.28. The molecule has 230 valence electrons. The molecule has 15 heteroatoms.